The maximum atomic E-state index is 3.42. The highest BCUT2D eigenvalue weighted by atomic mass is 15.1. The molecule has 114 valence electrons. The molecule has 0 radical (unpaired) electrons. The SMILES string of the molecule is CCN1CCC(C(C)(C)c2ccc3[nH]c(C)cc3c2)CC1. The number of aromatic amines is 1. The summed E-state index contributed by atoms with van der Waals surface area (Å²) in [7, 11) is 0. The molecule has 2 nitrogen and oxygen atoms in total. The molecule has 2 heterocycles. The Morgan fingerprint density at radius 1 is 1.19 bits per heavy atom. The number of H-pyrrole nitrogens is 1. The average Bonchev–Trinajstić information content (AvgIpc) is 2.86. The standard InChI is InChI=1S/C19H28N2/c1-5-21-10-8-16(9-11-21)19(3,4)17-6-7-18-15(13-17)12-14(2)20-18/h6-7,12-13,16,20H,5,8-11H2,1-4H3. The van der Waals surface area contributed by atoms with Gasteiger partial charge < -0.3 is 9.88 Å². The summed E-state index contributed by atoms with van der Waals surface area (Å²) in [6, 6.07) is 9.23. The minimum atomic E-state index is 0.263. The fraction of sp³-hybridized carbons (Fsp3) is 0.579. The van der Waals surface area contributed by atoms with E-state index in [4.69, 9.17) is 0 Å². The highest BCUT2D eigenvalue weighted by Gasteiger charge is 2.33. The zero-order chi connectivity index (χ0) is 15.0. The van der Waals surface area contributed by atoms with Gasteiger partial charge in [0.1, 0.15) is 0 Å². The van der Waals surface area contributed by atoms with Crippen LogP contribution in [0.1, 0.15) is 44.9 Å². The van der Waals surface area contributed by atoms with E-state index in [-0.39, 0.29) is 5.41 Å². The second-order valence-electron chi connectivity index (χ2n) is 7.18. The number of hydrogen-bond donors (Lipinski definition) is 1. The minimum Gasteiger partial charge on any atom is -0.359 e. The lowest BCUT2D eigenvalue weighted by Gasteiger charge is -2.41. The summed E-state index contributed by atoms with van der Waals surface area (Å²) >= 11 is 0. The van der Waals surface area contributed by atoms with Crippen LogP contribution in [0.25, 0.3) is 10.9 Å². The van der Waals surface area contributed by atoms with Crippen molar-refractivity contribution in [2.75, 3.05) is 19.6 Å². The number of benzene rings is 1. The van der Waals surface area contributed by atoms with E-state index in [1.165, 1.54) is 54.6 Å². The van der Waals surface area contributed by atoms with Crippen LogP contribution >= 0.6 is 0 Å². The predicted molar refractivity (Wildman–Crippen MR) is 90.9 cm³/mol. The van der Waals surface area contributed by atoms with Crippen LogP contribution in [0.3, 0.4) is 0 Å². The highest BCUT2D eigenvalue weighted by molar-refractivity contribution is 5.81. The molecule has 0 amide bonds. The first-order chi connectivity index (χ1) is 10.0. The first-order valence-corrected chi connectivity index (χ1v) is 8.33. The normalized spacial score (nSPS) is 18.5. The summed E-state index contributed by atoms with van der Waals surface area (Å²) in [4.78, 5) is 6.00. The summed E-state index contributed by atoms with van der Waals surface area (Å²) in [6.07, 6.45) is 2.65. The molecule has 1 aromatic heterocycles. The Balaban J connectivity index is 1.85. The van der Waals surface area contributed by atoms with E-state index in [2.05, 4.69) is 61.8 Å². The van der Waals surface area contributed by atoms with E-state index in [1.54, 1.807) is 0 Å². The third kappa shape index (κ3) is 2.74. The van der Waals surface area contributed by atoms with Gasteiger partial charge in [0, 0.05) is 11.2 Å². The molecule has 1 N–H and O–H groups in total. The number of likely N-dealkylation sites (tertiary alicyclic amines) is 1. The Bertz CT molecular complexity index is 616. The van der Waals surface area contributed by atoms with Crippen molar-refractivity contribution in [3.05, 3.63) is 35.5 Å². The lowest BCUT2D eigenvalue weighted by Crippen LogP contribution is -2.40. The Morgan fingerprint density at radius 2 is 1.90 bits per heavy atom. The molecule has 1 aromatic carbocycles. The van der Waals surface area contributed by atoms with E-state index < -0.39 is 0 Å². The molecular weight excluding hydrogens is 256 g/mol. The molecule has 1 aliphatic rings. The van der Waals surface area contributed by atoms with Crippen molar-refractivity contribution in [3.63, 3.8) is 0 Å². The van der Waals surface area contributed by atoms with Crippen LogP contribution in [0, 0.1) is 12.8 Å². The number of aromatic nitrogens is 1. The van der Waals surface area contributed by atoms with Crippen molar-refractivity contribution in [2.24, 2.45) is 5.92 Å². The Labute approximate surface area is 128 Å². The maximum Gasteiger partial charge on any atom is 0.0456 e. The fourth-order valence-corrected chi connectivity index (χ4v) is 3.89. The molecule has 21 heavy (non-hydrogen) atoms. The van der Waals surface area contributed by atoms with Crippen LogP contribution in [0.2, 0.25) is 0 Å². The average molecular weight is 284 g/mol. The van der Waals surface area contributed by atoms with Crippen LogP contribution < -0.4 is 0 Å². The molecule has 0 saturated carbocycles. The molecule has 0 aliphatic carbocycles. The van der Waals surface area contributed by atoms with Gasteiger partial charge in [-0.3, -0.25) is 0 Å². The first-order valence-electron chi connectivity index (χ1n) is 8.33. The van der Waals surface area contributed by atoms with E-state index in [9.17, 15) is 0 Å². The van der Waals surface area contributed by atoms with Crippen molar-refractivity contribution >= 4 is 10.9 Å². The van der Waals surface area contributed by atoms with Gasteiger partial charge in [-0.25, -0.2) is 0 Å². The van der Waals surface area contributed by atoms with Crippen LogP contribution in [-0.4, -0.2) is 29.5 Å². The fourth-order valence-electron chi connectivity index (χ4n) is 3.89. The zero-order valence-corrected chi connectivity index (χ0v) is 13.9. The number of nitrogens with one attached hydrogen (secondary N) is 1. The molecule has 1 fully saturated rings. The van der Waals surface area contributed by atoms with Crippen LogP contribution in [0.4, 0.5) is 0 Å². The number of fused-ring (bicyclic) bond motifs is 1. The molecule has 1 saturated heterocycles. The summed E-state index contributed by atoms with van der Waals surface area (Å²) in [5.41, 5.74) is 4.26. The lowest BCUT2D eigenvalue weighted by atomic mass is 9.69. The molecule has 0 unspecified atom stereocenters. The third-order valence-electron chi connectivity index (χ3n) is 5.55. The van der Waals surface area contributed by atoms with Gasteiger partial charge >= 0.3 is 0 Å². The van der Waals surface area contributed by atoms with E-state index >= 15 is 0 Å². The van der Waals surface area contributed by atoms with E-state index in [0.29, 0.717) is 0 Å². The quantitative estimate of drug-likeness (QED) is 0.880. The summed E-state index contributed by atoms with van der Waals surface area (Å²) in [5, 5.41) is 1.35. The molecule has 0 spiro atoms. The number of rotatable bonds is 3. The molecule has 3 rings (SSSR count). The summed E-state index contributed by atoms with van der Waals surface area (Å²) in [5.74, 6) is 0.790. The van der Waals surface area contributed by atoms with E-state index in [0.717, 1.165) is 5.92 Å². The zero-order valence-electron chi connectivity index (χ0n) is 13.9. The van der Waals surface area contributed by atoms with Gasteiger partial charge in [0.25, 0.3) is 0 Å². The number of aryl methyl sites for hydroxylation is 1. The van der Waals surface area contributed by atoms with Crippen molar-refractivity contribution in [1.29, 1.82) is 0 Å². The predicted octanol–water partition coefficient (Wildman–Crippen LogP) is 4.49. The van der Waals surface area contributed by atoms with Gasteiger partial charge in [-0.15, -0.1) is 0 Å². The number of nitrogens with zero attached hydrogens (tertiary/aromatic N) is 1. The summed E-state index contributed by atoms with van der Waals surface area (Å²) in [6.45, 7) is 13.0. The number of piperidine rings is 1. The largest absolute Gasteiger partial charge is 0.359 e. The molecule has 0 bridgehead atoms. The van der Waals surface area contributed by atoms with Gasteiger partial charge in [-0.2, -0.15) is 0 Å². The maximum absolute atomic E-state index is 3.42. The third-order valence-corrected chi connectivity index (χ3v) is 5.55. The summed E-state index contributed by atoms with van der Waals surface area (Å²) < 4.78 is 0. The Hall–Kier alpha value is -1.28. The van der Waals surface area contributed by atoms with Crippen molar-refractivity contribution < 1.29 is 0 Å². The second-order valence-corrected chi connectivity index (χ2v) is 7.18. The van der Waals surface area contributed by atoms with Crippen molar-refractivity contribution in [3.8, 4) is 0 Å². The van der Waals surface area contributed by atoms with Gasteiger partial charge in [-0.05, 0) is 79.9 Å². The van der Waals surface area contributed by atoms with Gasteiger partial charge in [0.2, 0.25) is 0 Å². The second kappa shape index (κ2) is 5.49. The van der Waals surface area contributed by atoms with Crippen LogP contribution in [0.5, 0.6) is 0 Å². The topological polar surface area (TPSA) is 19.0 Å². The monoisotopic (exact) mass is 284 g/mol. The minimum absolute atomic E-state index is 0.263. The molecule has 0 atom stereocenters. The number of hydrogen-bond acceptors (Lipinski definition) is 1. The molecule has 2 aromatic rings. The smallest absolute Gasteiger partial charge is 0.0456 e. The van der Waals surface area contributed by atoms with Crippen LogP contribution in [-0.2, 0) is 5.41 Å². The lowest BCUT2D eigenvalue weighted by molar-refractivity contribution is 0.146. The molecule has 2 heteroatoms. The van der Waals surface area contributed by atoms with Crippen molar-refractivity contribution in [1.82, 2.24) is 9.88 Å². The Morgan fingerprint density at radius 3 is 2.57 bits per heavy atom. The van der Waals surface area contributed by atoms with Gasteiger partial charge in [0.15, 0.2) is 0 Å². The van der Waals surface area contributed by atoms with Gasteiger partial charge in [-0.1, -0.05) is 26.8 Å². The highest BCUT2D eigenvalue weighted by Crippen LogP contribution is 2.39. The van der Waals surface area contributed by atoms with Crippen molar-refractivity contribution in [2.45, 2.75) is 46.0 Å². The molecular formula is C19H28N2. The Kier molecular flexibility index (Phi) is 3.83. The first kappa shape index (κ1) is 14.6. The van der Waals surface area contributed by atoms with E-state index in [1.807, 2.05) is 0 Å². The van der Waals surface area contributed by atoms with Crippen LogP contribution in [0.15, 0.2) is 24.3 Å². The van der Waals surface area contributed by atoms with Gasteiger partial charge in [0.05, 0.1) is 0 Å². The molecule has 1 aliphatic heterocycles.